The number of nitrogens with zero attached hydrogens (tertiary/aromatic N) is 2. The quantitative estimate of drug-likeness (QED) is 0.535. The Morgan fingerprint density at radius 1 is 1.41 bits per heavy atom. The number of thioether (sulfide) groups is 1. The Labute approximate surface area is 172 Å². The molecule has 0 aliphatic heterocycles. The molecular formula is C17H22ClN5O2S2. The van der Waals surface area contributed by atoms with Crippen LogP contribution in [-0.4, -0.2) is 44.6 Å². The van der Waals surface area contributed by atoms with Gasteiger partial charge in [-0.25, -0.2) is 0 Å². The Morgan fingerprint density at radius 2 is 2.15 bits per heavy atom. The zero-order valence-electron chi connectivity index (χ0n) is 15.1. The van der Waals surface area contributed by atoms with Crippen molar-refractivity contribution in [1.29, 1.82) is 0 Å². The average molecular weight is 428 g/mol. The number of benzene rings is 1. The molecule has 0 aliphatic rings. The third-order valence-corrected chi connectivity index (χ3v) is 5.21. The summed E-state index contributed by atoms with van der Waals surface area (Å²) in [4.78, 5) is 25.1. The molecule has 27 heavy (non-hydrogen) atoms. The fourth-order valence-electron chi connectivity index (χ4n) is 2.49. The molecule has 0 aliphatic carbocycles. The molecule has 0 fully saturated rings. The number of hydrogen-bond acceptors (Lipinski definition) is 5. The first kappa shape index (κ1) is 21.5. The second kappa shape index (κ2) is 10.5. The predicted octanol–water partition coefficient (Wildman–Crippen LogP) is 2.78. The van der Waals surface area contributed by atoms with Crippen LogP contribution in [-0.2, 0) is 17.9 Å². The highest BCUT2D eigenvalue weighted by Crippen LogP contribution is 2.15. The molecule has 1 aromatic heterocycles. The van der Waals surface area contributed by atoms with Crippen LogP contribution in [0.15, 0.2) is 24.3 Å². The summed E-state index contributed by atoms with van der Waals surface area (Å²) >= 11 is 12.8. The van der Waals surface area contributed by atoms with Gasteiger partial charge >= 0.3 is 0 Å². The Kier molecular flexibility index (Phi) is 8.33. The summed E-state index contributed by atoms with van der Waals surface area (Å²) in [6.45, 7) is 2.82. The SMILES string of the molecule is CCn1c(CNC(=O)C(CCSC)NC(=O)c2ccccc2Cl)n[nH]c1=S. The largest absolute Gasteiger partial charge is 0.347 e. The molecule has 1 unspecified atom stereocenters. The van der Waals surface area contributed by atoms with E-state index in [2.05, 4.69) is 20.8 Å². The molecule has 2 amide bonds. The molecule has 1 heterocycles. The molecule has 0 bridgehead atoms. The normalized spacial score (nSPS) is 11.8. The van der Waals surface area contributed by atoms with Gasteiger partial charge in [-0.2, -0.15) is 16.9 Å². The number of aromatic amines is 1. The van der Waals surface area contributed by atoms with E-state index in [1.807, 2.05) is 13.2 Å². The van der Waals surface area contributed by atoms with Gasteiger partial charge < -0.3 is 15.2 Å². The van der Waals surface area contributed by atoms with Gasteiger partial charge in [-0.05, 0) is 49.7 Å². The number of nitrogens with one attached hydrogen (secondary N) is 3. The van der Waals surface area contributed by atoms with Crippen molar-refractivity contribution in [3.63, 3.8) is 0 Å². The second-order valence-corrected chi connectivity index (χ2v) is 7.47. The first-order valence-electron chi connectivity index (χ1n) is 8.44. The molecule has 7 nitrogen and oxygen atoms in total. The minimum absolute atomic E-state index is 0.220. The minimum atomic E-state index is -0.668. The van der Waals surface area contributed by atoms with Gasteiger partial charge in [0, 0.05) is 6.54 Å². The Morgan fingerprint density at radius 3 is 2.81 bits per heavy atom. The van der Waals surface area contributed by atoms with Crippen LogP contribution in [0.2, 0.25) is 5.02 Å². The summed E-state index contributed by atoms with van der Waals surface area (Å²) in [5.41, 5.74) is 0.341. The van der Waals surface area contributed by atoms with Gasteiger partial charge in [0.1, 0.15) is 6.04 Å². The molecule has 0 saturated heterocycles. The van der Waals surface area contributed by atoms with E-state index < -0.39 is 6.04 Å². The van der Waals surface area contributed by atoms with Crippen LogP contribution < -0.4 is 10.6 Å². The maximum Gasteiger partial charge on any atom is 0.253 e. The van der Waals surface area contributed by atoms with E-state index in [0.717, 1.165) is 5.75 Å². The molecule has 0 spiro atoms. The standard InChI is InChI=1S/C17H22ClN5O2S2/c1-3-23-14(21-22-17(23)26)10-19-16(25)13(8-9-27-2)20-15(24)11-6-4-5-7-12(11)18/h4-7,13H,3,8-10H2,1-2H3,(H,19,25)(H,20,24)(H,22,26). The molecule has 2 aromatic rings. The van der Waals surface area contributed by atoms with Crippen LogP contribution in [0.5, 0.6) is 0 Å². The van der Waals surface area contributed by atoms with Crippen molar-refractivity contribution >= 4 is 47.4 Å². The lowest BCUT2D eigenvalue weighted by atomic mass is 10.1. The fourth-order valence-corrected chi connectivity index (χ4v) is 3.46. The van der Waals surface area contributed by atoms with Crippen LogP contribution in [0.3, 0.4) is 0 Å². The van der Waals surface area contributed by atoms with E-state index in [-0.39, 0.29) is 18.4 Å². The molecule has 3 N–H and O–H groups in total. The molecule has 10 heteroatoms. The van der Waals surface area contributed by atoms with Gasteiger partial charge in [0.2, 0.25) is 5.91 Å². The van der Waals surface area contributed by atoms with Crippen molar-refractivity contribution in [2.45, 2.75) is 32.5 Å². The summed E-state index contributed by atoms with van der Waals surface area (Å²) in [7, 11) is 0. The van der Waals surface area contributed by atoms with Crippen LogP contribution in [0, 0.1) is 4.77 Å². The molecule has 2 rings (SSSR count). The van der Waals surface area contributed by atoms with Crippen molar-refractivity contribution in [3.8, 4) is 0 Å². The molecule has 0 radical (unpaired) electrons. The number of rotatable bonds is 9. The Balaban J connectivity index is 2.05. The van der Waals surface area contributed by atoms with E-state index in [9.17, 15) is 9.59 Å². The summed E-state index contributed by atoms with van der Waals surface area (Å²) in [5.74, 6) is 0.713. The van der Waals surface area contributed by atoms with Gasteiger partial charge in [-0.15, -0.1) is 0 Å². The highest BCUT2D eigenvalue weighted by Gasteiger charge is 2.22. The van der Waals surface area contributed by atoms with Gasteiger partial charge in [-0.1, -0.05) is 23.7 Å². The number of H-pyrrole nitrogens is 1. The van der Waals surface area contributed by atoms with Crippen molar-refractivity contribution in [3.05, 3.63) is 45.4 Å². The van der Waals surface area contributed by atoms with E-state index in [1.54, 1.807) is 40.6 Å². The Bertz CT molecular complexity index is 852. The van der Waals surface area contributed by atoms with E-state index in [4.69, 9.17) is 23.8 Å². The van der Waals surface area contributed by atoms with Gasteiger partial charge in [0.05, 0.1) is 17.1 Å². The van der Waals surface area contributed by atoms with Crippen molar-refractivity contribution < 1.29 is 9.59 Å². The molecule has 146 valence electrons. The van der Waals surface area contributed by atoms with E-state index in [0.29, 0.717) is 34.1 Å². The smallest absolute Gasteiger partial charge is 0.253 e. The number of halogens is 1. The van der Waals surface area contributed by atoms with E-state index in [1.165, 1.54) is 0 Å². The lowest BCUT2D eigenvalue weighted by molar-refractivity contribution is -0.123. The number of amides is 2. The van der Waals surface area contributed by atoms with E-state index >= 15 is 0 Å². The Hall–Kier alpha value is -1.84. The summed E-state index contributed by atoms with van der Waals surface area (Å²) < 4.78 is 2.31. The first-order chi connectivity index (χ1) is 13.0. The highest BCUT2D eigenvalue weighted by molar-refractivity contribution is 7.98. The molecule has 0 saturated carbocycles. The van der Waals surface area contributed by atoms with Gasteiger partial charge in [0.25, 0.3) is 5.91 Å². The van der Waals surface area contributed by atoms with Gasteiger partial charge in [0.15, 0.2) is 10.6 Å². The van der Waals surface area contributed by atoms with Crippen LogP contribution in [0.25, 0.3) is 0 Å². The average Bonchev–Trinajstić information content (AvgIpc) is 3.02. The first-order valence-corrected chi connectivity index (χ1v) is 10.6. The lowest BCUT2D eigenvalue weighted by Crippen LogP contribution is -2.47. The predicted molar refractivity (Wildman–Crippen MR) is 111 cm³/mol. The zero-order valence-corrected chi connectivity index (χ0v) is 17.5. The van der Waals surface area contributed by atoms with Crippen LogP contribution in [0.1, 0.15) is 29.5 Å². The maximum atomic E-state index is 12.6. The number of aromatic nitrogens is 3. The monoisotopic (exact) mass is 427 g/mol. The lowest BCUT2D eigenvalue weighted by Gasteiger charge is -2.18. The topological polar surface area (TPSA) is 91.8 Å². The highest BCUT2D eigenvalue weighted by atomic mass is 35.5. The molecule has 1 aromatic carbocycles. The number of hydrogen-bond donors (Lipinski definition) is 3. The maximum absolute atomic E-state index is 12.6. The van der Waals surface area contributed by atoms with Crippen molar-refractivity contribution in [2.24, 2.45) is 0 Å². The molecular weight excluding hydrogens is 406 g/mol. The summed E-state index contributed by atoms with van der Waals surface area (Å²) in [6.07, 6.45) is 2.45. The number of carbonyl (C=O) groups is 2. The zero-order chi connectivity index (χ0) is 19.8. The minimum Gasteiger partial charge on any atom is -0.347 e. The van der Waals surface area contributed by atoms with Crippen molar-refractivity contribution in [1.82, 2.24) is 25.4 Å². The number of carbonyl (C=O) groups excluding carboxylic acids is 2. The summed E-state index contributed by atoms with van der Waals surface area (Å²) in [6, 6.07) is 6.07. The van der Waals surface area contributed by atoms with Crippen LogP contribution >= 0.6 is 35.6 Å². The fraction of sp³-hybridized carbons (Fsp3) is 0.412. The third-order valence-electron chi connectivity index (χ3n) is 3.93. The molecule has 1 atom stereocenters. The summed E-state index contributed by atoms with van der Waals surface area (Å²) in [5, 5.41) is 12.8. The van der Waals surface area contributed by atoms with Crippen LogP contribution in [0.4, 0.5) is 0 Å². The third kappa shape index (κ3) is 5.82. The van der Waals surface area contributed by atoms with Crippen molar-refractivity contribution in [2.75, 3.05) is 12.0 Å². The second-order valence-electron chi connectivity index (χ2n) is 5.69. The van der Waals surface area contributed by atoms with Gasteiger partial charge in [-0.3, -0.25) is 14.7 Å².